The van der Waals surface area contributed by atoms with E-state index in [1.165, 1.54) is 6.54 Å². The Morgan fingerprint density at radius 2 is 1.06 bits per heavy atom. The first-order chi connectivity index (χ1) is 7.29. The summed E-state index contributed by atoms with van der Waals surface area (Å²) in [5.41, 5.74) is 0. The largest absolute Gasteiger partial charge is 0.356 e. The van der Waals surface area contributed by atoms with E-state index in [-0.39, 0.29) is 0 Å². The summed E-state index contributed by atoms with van der Waals surface area (Å²) in [5, 5.41) is 14.8. The molecule has 0 bridgehead atoms. The van der Waals surface area contributed by atoms with E-state index in [9.17, 15) is 0 Å². The second kappa shape index (κ2) is 9.92. The van der Waals surface area contributed by atoms with Gasteiger partial charge in [0.2, 0.25) is 0 Å². The lowest BCUT2D eigenvalue weighted by molar-refractivity contribution is -0.868. The molecule has 0 aliphatic carbocycles. The summed E-state index contributed by atoms with van der Waals surface area (Å²) in [6, 6.07) is 12.0. The van der Waals surface area contributed by atoms with E-state index in [1.807, 2.05) is 36.4 Å². The molecule has 0 unspecified atom stereocenters. The van der Waals surface area contributed by atoms with Gasteiger partial charge >= 0.3 is 0 Å². The van der Waals surface area contributed by atoms with Gasteiger partial charge in [-0.15, -0.1) is 0 Å². The van der Waals surface area contributed by atoms with E-state index in [4.69, 9.17) is 15.3 Å². The maximum atomic E-state index is 8.25. The first-order valence-corrected chi connectivity index (χ1v) is 4.91. The van der Waals surface area contributed by atoms with Crippen molar-refractivity contribution in [2.45, 2.75) is 6.92 Å². The molecule has 0 saturated carbocycles. The van der Waals surface area contributed by atoms with Gasteiger partial charge in [-0.1, -0.05) is 36.4 Å². The van der Waals surface area contributed by atoms with Gasteiger partial charge in [-0.3, -0.25) is 0 Å². The van der Waals surface area contributed by atoms with Crippen molar-refractivity contribution in [3.63, 3.8) is 0 Å². The van der Waals surface area contributed by atoms with Gasteiger partial charge in [0.15, 0.2) is 0 Å². The topological polar surface area (TPSA) is 66.2 Å². The minimum absolute atomic E-state index is 1.07. The molecule has 0 N–H and O–H groups in total. The molecule has 1 aromatic carbocycles. The van der Waals surface area contributed by atoms with Crippen LogP contribution >= 0.6 is 0 Å². The van der Waals surface area contributed by atoms with Gasteiger partial charge in [-0.05, 0) is 6.92 Å². The molecule has 92 valence electrons. The van der Waals surface area contributed by atoms with Crippen molar-refractivity contribution in [1.82, 2.24) is 0 Å². The molecule has 1 rings (SSSR count). The monoisotopic (exact) mass is 228 g/mol. The van der Waals surface area contributed by atoms with Crippen LogP contribution in [-0.2, 0) is 0 Å². The lowest BCUT2D eigenvalue weighted by Gasteiger charge is -2.20. The Morgan fingerprint density at radius 1 is 0.938 bits per heavy atom. The van der Waals surface area contributed by atoms with Gasteiger partial charge in [0.05, 0.1) is 32.8 Å². The highest BCUT2D eigenvalue weighted by atomic mass is 16.9. The summed E-state index contributed by atoms with van der Waals surface area (Å²) in [4.78, 5) is 8.25. The number of nitrogens with zero attached hydrogens (tertiary/aromatic N) is 2. The molecule has 5 heteroatoms. The maximum Gasteiger partial charge on any atom is 0.0751 e. The molecular weight excluding hydrogens is 208 g/mol. The first kappa shape index (κ1) is 16.8. The van der Waals surface area contributed by atoms with Crippen molar-refractivity contribution in [2.24, 2.45) is 0 Å². The van der Waals surface area contributed by atoms with E-state index < -0.39 is 5.09 Å². The molecule has 16 heavy (non-hydrogen) atoms. The second-order valence-electron chi connectivity index (χ2n) is 3.98. The molecule has 0 saturated heterocycles. The van der Waals surface area contributed by atoms with Crippen molar-refractivity contribution in [1.29, 1.82) is 0 Å². The van der Waals surface area contributed by atoms with Crippen molar-refractivity contribution in [2.75, 3.05) is 27.7 Å². The summed E-state index contributed by atoms with van der Waals surface area (Å²) in [7, 11) is 6.54. The van der Waals surface area contributed by atoms with Gasteiger partial charge in [0, 0.05) is 0 Å². The van der Waals surface area contributed by atoms with Gasteiger partial charge < -0.3 is 19.8 Å². The van der Waals surface area contributed by atoms with Gasteiger partial charge in [-0.2, -0.15) is 0 Å². The van der Waals surface area contributed by atoms with Crippen LogP contribution in [0.5, 0.6) is 0 Å². The summed E-state index contributed by atoms with van der Waals surface area (Å²) in [6.45, 7) is 3.39. The second-order valence-corrected chi connectivity index (χ2v) is 3.98. The van der Waals surface area contributed by atoms with Crippen LogP contribution in [0.3, 0.4) is 0 Å². The Balaban J connectivity index is 0. The smallest absolute Gasteiger partial charge is 0.0751 e. The van der Waals surface area contributed by atoms with Crippen LogP contribution in [0, 0.1) is 15.3 Å². The van der Waals surface area contributed by atoms with Crippen LogP contribution in [0.25, 0.3) is 0 Å². The standard InChI is InChI=1S/C6H6.C5H14N.NO3/c1-2-4-6-5-3-1;1-5-6(2,3)4;2-1(3)4/h1-6H;5H2,1-4H3;/q;+1;-1. The van der Waals surface area contributed by atoms with Crippen LogP contribution in [-0.4, -0.2) is 37.3 Å². The minimum atomic E-state index is -1.75. The summed E-state index contributed by atoms with van der Waals surface area (Å²) in [6.07, 6.45) is 0. The molecular formula is C11H20N2O3. The van der Waals surface area contributed by atoms with E-state index in [2.05, 4.69) is 28.1 Å². The van der Waals surface area contributed by atoms with E-state index in [1.54, 1.807) is 0 Å². The Bertz CT molecular complexity index is 227. The van der Waals surface area contributed by atoms with Crippen molar-refractivity contribution in [3.05, 3.63) is 51.7 Å². The molecule has 0 aliphatic rings. The zero-order valence-electron chi connectivity index (χ0n) is 10.3. The highest BCUT2D eigenvalue weighted by molar-refractivity contribution is 4.99. The molecule has 0 aromatic heterocycles. The lowest BCUT2D eigenvalue weighted by Crippen LogP contribution is -2.33. The van der Waals surface area contributed by atoms with Crippen LogP contribution in [0.1, 0.15) is 6.92 Å². The summed E-state index contributed by atoms with van der Waals surface area (Å²) >= 11 is 0. The number of hydrogen-bond donors (Lipinski definition) is 0. The Labute approximate surface area is 96.6 Å². The normalized spacial score (nSPS) is 9.00. The Kier molecular flexibility index (Phi) is 10.4. The maximum absolute atomic E-state index is 8.25. The zero-order chi connectivity index (χ0) is 13.0. The minimum Gasteiger partial charge on any atom is -0.356 e. The third-order valence-corrected chi connectivity index (χ3v) is 1.62. The van der Waals surface area contributed by atoms with E-state index in [0.29, 0.717) is 0 Å². The van der Waals surface area contributed by atoms with Crippen LogP contribution in [0.15, 0.2) is 36.4 Å². The van der Waals surface area contributed by atoms with E-state index >= 15 is 0 Å². The highest BCUT2D eigenvalue weighted by Crippen LogP contribution is 1.83. The molecule has 1 aromatic rings. The number of benzene rings is 1. The van der Waals surface area contributed by atoms with Crippen molar-refractivity contribution < 1.29 is 9.57 Å². The first-order valence-electron chi connectivity index (χ1n) is 4.91. The highest BCUT2D eigenvalue weighted by Gasteiger charge is 1.97. The molecule has 0 spiro atoms. The van der Waals surface area contributed by atoms with Crippen LogP contribution < -0.4 is 0 Å². The molecule has 0 aliphatic heterocycles. The predicted molar refractivity (Wildman–Crippen MR) is 65.4 cm³/mol. The SMILES string of the molecule is CC[N+](C)(C)C.O=[N+]([O-])[O-].c1ccccc1. The fourth-order valence-corrected chi connectivity index (χ4v) is 0.385. The fraction of sp³-hybridized carbons (Fsp3) is 0.455. The molecule has 5 nitrogen and oxygen atoms in total. The average Bonchev–Trinajstić information content (AvgIpc) is 2.19. The van der Waals surface area contributed by atoms with Crippen LogP contribution in [0.4, 0.5) is 0 Å². The molecule has 0 atom stereocenters. The van der Waals surface area contributed by atoms with Gasteiger partial charge in [0.1, 0.15) is 0 Å². The Hall–Kier alpha value is -1.62. The van der Waals surface area contributed by atoms with Crippen molar-refractivity contribution in [3.8, 4) is 0 Å². The molecule has 0 heterocycles. The quantitative estimate of drug-likeness (QED) is 0.420. The van der Waals surface area contributed by atoms with E-state index in [0.717, 1.165) is 4.48 Å². The molecule has 0 radical (unpaired) electrons. The van der Waals surface area contributed by atoms with Crippen molar-refractivity contribution >= 4 is 0 Å². The third-order valence-electron chi connectivity index (χ3n) is 1.62. The number of rotatable bonds is 1. The fourth-order valence-electron chi connectivity index (χ4n) is 0.385. The zero-order valence-corrected chi connectivity index (χ0v) is 10.3. The predicted octanol–water partition coefficient (Wildman–Crippen LogP) is 2.16. The summed E-state index contributed by atoms with van der Waals surface area (Å²) in [5.74, 6) is 0. The van der Waals surface area contributed by atoms with Gasteiger partial charge in [0.25, 0.3) is 0 Å². The van der Waals surface area contributed by atoms with Gasteiger partial charge in [-0.25, -0.2) is 0 Å². The van der Waals surface area contributed by atoms with Crippen LogP contribution in [0.2, 0.25) is 0 Å². The molecule has 0 fully saturated rings. The average molecular weight is 228 g/mol. The lowest BCUT2D eigenvalue weighted by atomic mass is 10.4. The number of quaternary nitrogens is 1. The number of hydrogen-bond acceptors (Lipinski definition) is 3. The third kappa shape index (κ3) is 29.4. The molecule has 0 amide bonds. The Morgan fingerprint density at radius 3 is 1.12 bits per heavy atom. The summed E-state index contributed by atoms with van der Waals surface area (Å²) < 4.78 is 1.07.